The van der Waals surface area contributed by atoms with Crippen molar-refractivity contribution in [3.63, 3.8) is 0 Å². The van der Waals surface area contributed by atoms with Crippen molar-refractivity contribution in [1.82, 2.24) is 14.5 Å². The summed E-state index contributed by atoms with van der Waals surface area (Å²) >= 11 is 0. The Morgan fingerprint density at radius 2 is 2.00 bits per heavy atom. The van der Waals surface area contributed by atoms with Crippen LogP contribution in [0.2, 0.25) is 0 Å². The molecule has 5 nitrogen and oxygen atoms in total. The van der Waals surface area contributed by atoms with Gasteiger partial charge in [0.2, 0.25) is 11.9 Å². The van der Waals surface area contributed by atoms with Crippen LogP contribution in [-0.2, 0) is 12.0 Å². The molecule has 2 N–H and O–H groups in total. The Bertz CT molecular complexity index is 995. The number of nitrogens with two attached hydrogens (primary N) is 1. The number of aromatic nitrogens is 3. The predicted molar refractivity (Wildman–Crippen MR) is 89.9 cm³/mol. The Labute approximate surface area is 142 Å². The Morgan fingerprint density at radius 3 is 2.80 bits per heavy atom. The molecule has 3 aromatic rings. The number of rotatable bonds is 2. The van der Waals surface area contributed by atoms with Gasteiger partial charge in [-0.1, -0.05) is 6.07 Å². The molecular formula is C18H15F2N5. The van der Waals surface area contributed by atoms with Gasteiger partial charge >= 0.3 is 0 Å². The van der Waals surface area contributed by atoms with Gasteiger partial charge in [-0.3, -0.25) is 4.57 Å². The van der Waals surface area contributed by atoms with Crippen molar-refractivity contribution in [2.24, 2.45) is 10.7 Å². The van der Waals surface area contributed by atoms with E-state index in [9.17, 15) is 8.78 Å². The SMILES string of the molecule is C[C@@]1(c2cc(-c3cccnc3F)ccc2F)Cc2nccn2C(N)=N1. The van der Waals surface area contributed by atoms with Crippen LogP contribution in [-0.4, -0.2) is 20.5 Å². The van der Waals surface area contributed by atoms with Gasteiger partial charge in [0.05, 0.1) is 5.54 Å². The first-order chi connectivity index (χ1) is 12.0. The fourth-order valence-electron chi connectivity index (χ4n) is 3.19. The van der Waals surface area contributed by atoms with E-state index in [4.69, 9.17) is 5.73 Å². The molecule has 0 saturated heterocycles. The summed E-state index contributed by atoms with van der Waals surface area (Å²) in [5, 5.41) is 0. The van der Waals surface area contributed by atoms with Gasteiger partial charge in [-0.2, -0.15) is 4.39 Å². The molecule has 2 aromatic heterocycles. The molecule has 0 radical (unpaired) electrons. The van der Waals surface area contributed by atoms with Crippen molar-refractivity contribution >= 4 is 5.96 Å². The Balaban J connectivity index is 1.85. The van der Waals surface area contributed by atoms with Gasteiger partial charge in [0.25, 0.3) is 0 Å². The predicted octanol–water partition coefficient (Wildman–Crippen LogP) is 2.86. The van der Waals surface area contributed by atoms with Crippen LogP contribution in [0.4, 0.5) is 8.78 Å². The number of hydrogen-bond acceptors (Lipinski definition) is 4. The fraction of sp³-hybridized carbons (Fsp3) is 0.167. The van der Waals surface area contributed by atoms with Crippen molar-refractivity contribution in [2.45, 2.75) is 18.9 Å². The number of halogens is 2. The number of aliphatic imine (C=N–C) groups is 1. The molecule has 1 atom stereocenters. The quantitative estimate of drug-likeness (QED) is 0.730. The number of nitrogens with zero attached hydrogens (tertiary/aromatic N) is 4. The van der Waals surface area contributed by atoms with Crippen LogP contribution in [0.3, 0.4) is 0 Å². The minimum absolute atomic E-state index is 0.249. The van der Waals surface area contributed by atoms with Crippen LogP contribution in [0.15, 0.2) is 53.9 Å². The second kappa shape index (κ2) is 5.47. The molecule has 0 spiro atoms. The summed E-state index contributed by atoms with van der Waals surface area (Å²) in [4.78, 5) is 12.4. The van der Waals surface area contributed by atoms with E-state index >= 15 is 0 Å². The summed E-state index contributed by atoms with van der Waals surface area (Å²) in [7, 11) is 0. The van der Waals surface area contributed by atoms with Crippen LogP contribution in [0.25, 0.3) is 11.1 Å². The first-order valence-corrected chi connectivity index (χ1v) is 7.77. The van der Waals surface area contributed by atoms with E-state index in [0.29, 0.717) is 28.9 Å². The Kier molecular flexibility index (Phi) is 3.38. The van der Waals surface area contributed by atoms with E-state index in [2.05, 4.69) is 15.0 Å². The first kappa shape index (κ1) is 15.4. The number of pyridine rings is 1. The average molecular weight is 339 g/mol. The Morgan fingerprint density at radius 1 is 1.16 bits per heavy atom. The van der Waals surface area contributed by atoms with Crippen LogP contribution in [0, 0.1) is 11.8 Å². The zero-order valence-electron chi connectivity index (χ0n) is 13.4. The van der Waals surface area contributed by atoms with E-state index < -0.39 is 17.3 Å². The van der Waals surface area contributed by atoms with Gasteiger partial charge in [-0.05, 0) is 36.8 Å². The molecule has 0 unspecified atom stereocenters. The van der Waals surface area contributed by atoms with Gasteiger partial charge in [0, 0.05) is 36.1 Å². The summed E-state index contributed by atoms with van der Waals surface area (Å²) in [5.41, 5.74) is 6.26. The van der Waals surface area contributed by atoms with Crippen molar-refractivity contribution < 1.29 is 8.78 Å². The maximum absolute atomic E-state index is 14.6. The van der Waals surface area contributed by atoms with Gasteiger partial charge in [0.15, 0.2) is 0 Å². The molecule has 0 amide bonds. The maximum atomic E-state index is 14.6. The largest absolute Gasteiger partial charge is 0.369 e. The van der Waals surface area contributed by atoms with Crippen LogP contribution in [0.1, 0.15) is 18.3 Å². The van der Waals surface area contributed by atoms with Gasteiger partial charge in [-0.25, -0.2) is 19.4 Å². The molecule has 25 heavy (non-hydrogen) atoms. The molecule has 126 valence electrons. The van der Waals surface area contributed by atoms with Gasteiger partial charge in [0.1, 0.15) is 11.6 Å². The average Bonchev–Trinajstić information content (AvgIpc) is 3.04. The highest BCUT2D eigenvalue weighted by molar-refractivity contribution is 5.82. The van der Waals surface area contributed by atoms with Crippen molar-refractivity contribution in [1.29, 1.82) is 0 Å². The van der Waals surface area contributed by atoms with Crippen LogP contribution < -0.4 is 5.73 Å². The van der Waals surface area contributed by atoms with Crippen LogP contribution in [0.5, 0.6) is 0 Å². The first-order valence-electron chi connectivity index (χ1n) is 7.77. The molecule has 1 aromatic carbocycles. The fourth-order valence-corrected chi connectivity index (χ4v) is 3.19. The zero-order chi connectivity index (χ0) is 17.6. The monoisotopic (exact) mass is 339 g/mol. The minimum atomic E-state index is -0.926. The number of fused-ring (bicyclic) bond motifs is 1. The van der Waals surface area contributed by atoms with Crippen molar-refractivity contribution in [2.75, 3.05) is 0 Å². The molecule has 7 heteroatoms. The molecular weight excluding hydrogens is 324 g/mol. The molecule has 1 aliphatic rings. The Hall–Kier alpha value is -3.09. The third-order valence-electron chi connectivity index (χ3n) is 4.44. The molecule has 0 bridgehead atoms. The smallest absolute Gasteiger partial charge is 0.220 e. The second-order valence-corrected chi connectivity index (χ2v) is 6.17. The molecule has 0 saturated carbocycles. The number of hydrogen-bond donors (Lipinski definition) is 1. The van der Waals surface area contributed by atoms with E-state index in [-0.39, 0.29) is 5.96 Å². The van der Waals surface area contributed by atoms with Crippen molar-refractivity contribution in [3.05, 3.63) is 72.1 Å². The lowest BCUT2D eigenvalue weighted by atomic mass is 9.86. The summed E-state index contributed by atoms with van der Waals surface area (Å²) in [6.07, 6.45) is 5.10. The third-order valence-corrected chi connectivity index (χ3v) is 4.44. The second-order valence-electron chi connectivity index (χ2n) is 6.17. The summed E-state index contributed by atoms with van der Waals surface area (Å²) < 4.78 is 30.3. The molecule has 1 aliphatic heterocycles. The number of imidazole rings is 1. The van der Waals surface area contributed by atoms with Crippen LogP contribution >= 0.6 is 0 Å². The number of benzene rings is 1. The topological polar surface area (TPSA) is 69.1 Å². The van der Waals surface area contributed by atoms with E-state index in [0.717, 1.165) is 0 Å². The van der Waals surface area contributed by atoms with Crippen molar-refractivity contribution in [3.8, 4) is 11.1 Å². The zero-order valence-corrected chi connectivity index (χ0v) is 13.4. The normalized spacial score (nSPS) is 19.4. The lowest BCUT2D eigenvalue weighted by Gasteiger charge is -2.31. The van der Waals surface area contributed by atoms with Gasteiger partial charge in [-0.15, -0.1) is 0 Å². The lowest BCUT2D eigenvalue weighted by molar-refractivity contribution is 0.435. The molecule has 4 rings (SSSR count). The molecule has 3 heterocycles. The lowest BCUT2D eigenvalue weighted by Crippen LogP contribution is -2.38. The summed E-state index contributed by atoms with van der Waals surface area (Å²) in [6.45, 7) is 1.79. The minimum Gasteiger partial charge on any atom is -0.369 e. The maximum Gasteiger partial charge on any atom is 0.220 e. The highest BCUT2D eigenvalue weighted by atomic mass is 19.1. The summed E-state index contributed by atoms with van der Waals surface area (Å²) in [6, 6.07) is 7.68. The van der Waals surface area contributed by atoms with E-state index in [1.807, 2.05) is 0 Å². The van der Waals surface area contributed by atoms with E-state index in [1.165, 1.54) is 18.3 Å². The molecule has 0 fully saturated rings. The standard InChI is InChI=1S/C18H15F2N5/c1-18(10-15-22-7-8-25(15)17(21)24-18)13-9-11(4-5-14(13)19)12-3-2-6-23-16(12)20/h2-9H,10H2,1H3,(H2,21,24)/t18-/m0/s1. The van der Waals surface area contributed by atoms with Gasteiger partial charge < -0.3 is 5.73 Å². The third kappa shape index (κ3) is 2.48. The summed E-state index contributed by atoms with van der Waals surface area (Å²) in [5.74, 6) is -0.0782. The van der Waals surface area contributed by atoms with E-state index in [1.54, 1.807) is 42.1 Å². The highest BCUT2D eigenvalue weighted by Gasteiger charge is 2.35. The molecule has 0 aliphatic carbocycles. The highest BCUT2D eigenvalue weighted by Crippen LogP contribution is 2.36.